The standard InChI is InChI=1S/C12H20N4O2/c1-2-16(8-9-5-3-4-6-18-9)12(17)10-7-11(13)15-14-10/h7,9H,2-6,8H2,1H3,(H3,13,14,15)/t9-/m0/s1. The van der Waals surface area contributed by atoms with Crippen molar-refractivity contribution in [1.29, 1.82) is 0 Å². The first kappa shape index (κ1) is 12.9. The molecule has 0 saturated carbocycles. The Bertz CT molecular complexity index is 399. The molecule has 3 N–H and O–H groups in total. The van der Waals surface area contributed by atoms with Crippen molar-refractivity contribution in [3.63, 3.8) is 0 Å². The minimum absolute atomic E-state index is 0.0733. The van der Waals surface area contributed by atoms with Crippen molar-refractivity contribution in [3.8, 4) is 0 Å². The third kappa shape index (κ3) is 3.01. The summed E-state index contributed by atoms with van der Waals surface area (Å²) < 4.78 is 5.66. The number of amides is 1. The second-order valence-electron chi connectivity index (χ2n) is 4.54. The number of nitrogens with two attached hydrogens (primary N) is 1. The lowest BCUT2D eigenvalue weighted by molar-refractivity contribution is -0.00323. The number of likely N-dealkylation sites (N-methyl/N-ethyl adjacent to an activating group) is 1. The topological polar surface area (TPSA) is 84.2 Å². The number of anilines is 1. The zero-order valence-corrected chi connectivity index (χ0v) is 10.7. The summed E-state index contributed by atoms with van der Waals surface area (Å²) in [5, 5.41) is 6.43. The third-order valence-electron chi connectivity index (χ3n) is 3.20. The summed E-state index contributed by atoms with van der Waals surface area (Å²) in [6.45, 7) is 4.04. The molecule has 18 heavy (non-hydrogen) atoms. The summed E-state index contributed by atoms with van der Waals surface area (Å²) in [6.07, 6.45) is 3.47. The number of H-pyrrole nitrogens is 1. The largest absolute Gasteiger partial charge is 0.382 e. The van der Waals surface area contributed by atoms with Crippen LogP contribution < -0.4 is 5.73 Å². The lowest BCUT2D eigenvalue weighted by Crippen LogP contribution is -2.39. The highest BCUT2D eigenvalue weighted by Gasteiger charge is 2.22. The monoisotopic (exact) mass is 252 g/mol. The van der Waals surface area contributed by atoms with Crippen molar-refractivity contribution >= 4 is 11.7 Å². The Morgan fingerprint density at radius 2 is 2.50 bits per heavy atom. The Labute approximate surface area is 106 Å². The molecule has 6 heteroatoms. The number of rotatable bonds is 4. The van der Waals surface area contributed by atoms with Crippen LogP contribution in [0.25, 0.3) is 0 Å². The van der Waals surface area contributed by atoms with E-state index in [1.165, 1.54) is 6.42 Å². The zero-order valence-electron chi connectivity index (χ0n) is 10.7. The molecule has 1 aliphatic rings. The molecule has 1 aromatic rings. The van der Waals surface area contributed by atoms with Crippen LogP contribution in [0.15, 0.2) is 6.07 Å². The van der Waals surface area contributed by atoms with E-state index in [4.69, 9.17) is 10.5 Å². The number of aromatic nitrogens is 2. The second kappa shape index (κ2) is 5.86. The van der Waals surface area contributed by atoms with E-state index in [2.05, 4.69) is 10.2 Å². The smallest absolute Gasteiger partial charge is 0.272 e. The average Bonchev–Trinajstić information content (AvgIpc) is 2.83. The summed E-state index contributed by atoms with van der Waals surface area (Å²) in [5.74, 6) is 0.263. The van der Waals surface area contributed by atoms with Crippen LogP contribution in [0, 0.1) is 0 Å². The quantitative estimate of drug-likeness (QED) is 0.838. The molecule has 2 heterocycles. The molecule has 0 aliphatic carbocycles. The SMILES string of the molecule is CCN(C[C@@H]1CCCCO1)C(=O)c1cc(N)n[nH]1. The number of nitrogen functional groups attached to an aromatic ring is 1. The first-order chi connectivity index (χ1) is 8.70. The van der Waals surface area contributed by atoms with E-state index in [0.29, 0.717) is 24.6 Å². The van der Waals surface area contributed by atoms with Gasteiger partial charge in [-0.25, -0.2) is 0 Å². The van der Waals surface area contributed by atoms with Crippen LogP contribution in [0.5, 0.6) is 0 Å². The fourth-order valence-electron chi connectivity index (χ4n) is 2.17. The van der Waals surface area contributed by atoms with Gasteiger partial charge >= 0.3 is 0 Å². The molecular formula is C12H20N4O2. The Kier molecular flexibility index (Phi) is 4.19. The number of aromatic amines is 1. The molecule has 1 fully saturated rings. The van der Waals surface area contributed by atoms with E-state index < -0.39 is 0 Å². The normalized spacial score (nSPS) is 19.7. The molecule has 100 valence electrons. The van der Waals surface area contributed by atoms with E-state index in [-0.39, 0.29) is 12.0 Å². The van der Waals surface area contributed by atoms with Crippen molar-refractivity contribution in [3.05, 3.63) is 11.8 Å². The second-order valence-corrected chi connectivity index (χ2v) is 4.54. The molecular weight excluding hydrogens is 232 g/mol. The van der Waals surface area contributed by atoms with Crippen LogP contribution in [0.3, 0.4) is 0 Å². The molecule has 1 atom stereocenters. The van der Waals surface area contributed by atoms with Gasteiger partial charge < -0.3 is 15.4 Å². The summed E-state index contributed by atoms with van der Waals surface area (Å²) >= 11 is 0. The van der Waals surface area contributed by atoms with Gasteiger partial charge in [-0.05, 0) is 26.2 Å². The number of nitrogens with zero attached hydrogens (tertiary/aromatic N) is 2. The third-order valence-corrected chi connectivity index (χ3v) is 3.20. The van der Waals surface area contributed by atoms with Crippen molar-refractivity contribution in [2.45, 2.75) is 32.3 Å². The molecule has 1 aliphatic heterocycles. The number of hydrogen-bond acceptors (Lipinski definition) is 4. The molecule has 0 bridgehead atoms. The molecule has 1 saturated heterocycles. The Morgan fingerprint density at radius 1 is 1.67 bits per heavy atom. The van der Waals surface area contributed by atoms with Crippen molar-refractivity contribution in [2.75, 3.05) is 25.4 Å². The number of carbonyl (C=O) groups excluding carboxylic acids is 1. The molecule has 1 aromatic heterocycles. The van der Waals surface area contributed by atoms with E-state index in [0.717, 1.165) is 19.4 Å². The average molecular weight is 252 g/mol. The van der Waals surface area contributed by atoms with E-state index in [9.17, 15) is 4.79 Å². The van der Waals surface area contributed by atoms with Crippen molar-refractivity contribution in [1.82, 2.24) is 15.1 Å². The zero-order chi connectivity index (χ0) is 13.0. The van der Waals surface area contributed by atoms with Gasteiger partial charge in [0.05, 0.1) is 6.10 Å². The summed E-state index contributed by atoms with van der Waals surface area (Å²) in [4.78, 5) is 14.0. The van der Waals surface area contributed by atoms with Gasteiger partial charge in [0.2, 0.25) is 0 Å². The molecule has 0 unspecified atom stereocenters. The summed E-state index contributed by atoms with van der Waals surface area (Å²) in [5.41, 5.74) is 5.94. The summed E-state index contributed by atoms with van der Waals surface area (Å²) in [7, 11) is 0. The Hall–Kier alpha value is -1.56. The number of ether oxygens (including phenoxy) is 1. The van der Waals surface area contributed by atoms with Gasteiger partial charge in [0, 0.05) is 25.8 Å². The predicted molar refractivity (Wildman–Crippen MR) is 68.2 cm³/mol. The number of carbonyl (C=O) groups is 1. The highest BCUT2D eigenvalue weighted by molar-refractivity contribution is 5.92. The minimum Gasteiger partial charge on any atom is -0.382 e. The molecule has 0 spiro atoms. The van der Waals surface area contributed by atoms with Crippen LogP contribution in [-0.4, -0.2) is 46.8 Å². The van der Waals surface area contributed by atoms with Crippen LogP contribution >= 0.6 is 0 Å². The predicted octanol–water partition coefficient (Wildman–Crippen LogP) is 1.02. The maximum atomic E-state index is 12.2. The molecule has 2 rings (SSSR count). The van der Waals surface area contributed by atoms with Crippen LogP contribution in [0.4, 0.5) is 5.82 Å². The summed E-state index contributed by atoms with van der Waals surface area (Å²) in [6, 6.07) is 1.56. The maximum absolute atomic E-state index is 12.2. The highest BCUT2D eigenvalue weighted by atomic mass is 16.5. The number of nitrogens with one attached hydrogen (secondary N) is 1. The molecule has 0 radical (unpaired) electrons. The highest BCUT2D eigenvalue weighted by Crippen LogP contribution is 2.15. The van der Waals surface area contributed by atoms with E-state index in [1.54, 1.807) is 11.0 Å². The Balaban J connectivity index is 1.97. The lowest BCUT2D eigenvalue weighted by atomic mass is 10.1. The van der Waals surface area contributed by atoms with Gasteiger partial charge in [-0.3, -0.25) is 9.89 Å². The fourth-order valence-corrected chi connectivity index (χ4v) is 2.17. The van der Waals surface area contributed by atoms with Gasteiger partial charge in [0.1, 0.15) is 11.5 Å². The van der Waals surface area contributed by atoms with Gasteiger partial charge in [-0.2, -0.15) is 5.10 Å². The maximum Gasteiger partial charge on any atom is 0.272 e. The Morgan fingerprint density at radius 3 is 3.06 bits per heavy atom. The lowest BCUT2D eigenvalue weighted by Gasteiger charge is -2.28. The van der Waals surface area contributed by atoms with E-state index >= 15 is 0 Å². The van der Waals surface area contributed by atoms with Crippen molar-refractivity contribution < 1.29 is 9.53 Å². The van der Waals surface area contributed by atoms with Crippen molar-refractivity contribution in [2.24, 2.45) is 0 Å². The fraction of sp³-hybridized carbons (Fsp3) is 0.667. The minimum atomic E-state index is -0.0733. The first-order valence-electron chi connectivity index (χ1n) is 6.42. The van der Waals surface area contributed by atoms with Crippen LogP contribution in [0.2, 0.25) is 0 Å². The van der Waals surface area contributed by atoms with Crippen LogP contribution in [-0.2, 0) is 4.74 Å². The van der Waals surface area contributed by atoms with Gasteiger partial charge in [-0.15, -0.1) is 0 Å². The molecule has 0 aromatic carbocycles. The molecule has 6 nitrogen and oxygen atoms in total. The van der Waals surface area contributed by atoms with Gasteiger partial charge in [-0.1, -0.05) is 0 Å². The molecule has 1 amide bonds. The first-order valence-corrected chi connectivity index (χ1v) is 6.42. The van der Waals surface area contributed by atoms with Gasteiger partial charge in [0.15, 0.2) is 0 Å². The van der Waals surface area contributed by atoms with Gasteiger partial charge in [0.25, 0.3) is 5.91 Å². The van der Waals surface area contributed by atoms with E-state index in [1.807, 2.05) is 6.92 Å². The number of hydrogen-bond donors (Lipinski definition) is 2. The van der Waals surface area contributed by atoms with Crippen LogP contribution in [0.1, 0.15) is 36.7 Å².